The fraction of sp³-hybridized carbons (Fsp3) is 0.167. The highest BCUT2D eigenvalue weighted by molar-refractivity contribution is 9.10. The third kappa shape index (κ3) is 3.57. The van der Waals surface area contributed by atoms with Crippen molar-refractivity contribution in [2.24, 2.45) is 0 Å². The molecule has 0 saturated heterocycles. The van der Waals surface area contributed by atoms with Crippen LogP contribution in [-0.4, -0.2) is 17.1 Å². The number of hydrogen-bond acceptors (Lipinski definition) is 2. The Hall–Kier alpha value is -2.07. The number of nitrogens with zero attached hydrogens (tertiary/aromatic N) is 1. The van der Waals surface area contributed by atoms with Gasteiger partial charge in [0.15, 0.2) is 0 Å². The summed E-state index contributed by atoms with van der Waals surface area (Å²) in [5.74, 6) is -0.212. The summed E-state index contributed by atoms with van der Waals surface area (Å²) in [6.45, 7) is 0.646. The van der Waals surface area contributed by atoms with E-state index in [2.05, 4.69) is 15.9 Å². The molecule has 2 aromatic carbocycles. The minimum absolute atomic E-state index is 0.212. The molecule has 0 N–H and O–H groups in total. The maximum absolute atomic E-state index is 12.0. The first-order valence-electron chi connectivity index (χ1n) is 7.16. The van der Waals surface area contributed by atoms with Gasteiger partial charge in [0.1, 0.15) is 6.54 Å². The van der Waals surface area contributed by atoms with Gasteiger partial charge in [-0.05, 0) is 29.8 Å². The zero-order chi connectivity index (χ0) is 15.4. The van der Waals surface area contributed by atoms with Gasteiger partial charge in [0.05, 0.1) is 6.61 Å². The molecule has 0 bridgehead atoms. The van der Waals surface area contributed by atoms with Gasteiger partial charge in [-0.25, -0.2) is 0 Å². The Labute approximate surface area is 137 Å². The van der Waals surface area contributed by atoms with Crippen molar-refractivity contribution in [3.8, 4) is 0 Å². The first-order valence-corrected chi connectivity index (χ1v) is 7.95. The molecular formula is C18H16BrNO2. The van der Waals surface area contributed by atoms with Crippen molar-refractivity contribution in [2.75, 3.05) is 6.61 Å². The fourth-order valence-corrected chi connectivity index (χ4v) is 2.80. The van der Waals surface area contributed by atoms with Gasteiger partial charge in [-0.3, -0.25) is 4.79 Å². The highest BCUT2D eigenvalue weighted by Crippen LogP contribution is 2.20. The summed E-state index contributed by atoms with van der Waals surface area (Å²) in [6.07, 6.45) is 2.65. The van der Waals surface area contributed by atoms with Crippen LogP contribution in [0.5, 0.6) is 0 Å². The normalized spacial score (nSPS) is 10.8. The zero-order valence-electron chi connectivity index (χ0n) is 12.0. The van der Waals surface area contributed by atoms with Crippen molar-refractivity contribution in [2.45, 2.75) is 13.0 Å². The molecule has 1 aromatic heterocycles. The van der Waals surface area contributed by atoms with Crippen molar-refractivity contribution in [3.05, 3.63) is 70.8 Å². The van der Waals surface area contributed by atoms with Crippen molar-refractivity contribution in [3.63, 3.8) is 0 Å². The van der Waals surface area contributed by atoms with Crippen LogP contribution in [0.25, 0.3) is 10.9 Å². The van der Waals surface area contributed by atoms with E-state index < -0.39 is 0 Å². The number of aromatic nitrogens is 1. The van der Waals surface area contributed by atoms with Crippen LogP contribution in [0, 0.1) is 0 Å². The van der Waals surface area contributed by atoms with Gasteiger partial charge in [-0.2, -0.15) is 0 Å². The lowest BCUT2D eigenvalue weighted by atomic mass is 10.2. The van der Waals surface area contributed by atoms with Crippen LogP contribution in [0.15, 0.2) is 65.3 Å². The summed E-state index contributed by atoms with van der Waals surface area (Å²) in [5.41, 5.74) is 2.20. The van der Waals surface area contributed by atoms with E-state index >= 15 is 0 Å². The van der Waals surface area contributed by atoms with E-state index in [0.29, 0.717) is 6.61 Å². The fourth-order valence-electron chi connectivity index (χ4n) is 2.42. The molecule has 112 valence electrons. The third-order valence-electron chi connectivity index (χ3n) is 3.53. The second-order valence-corrected chi connectivity index (χ2v) is 6.02. The maximum Gasteiger partial charge on any atom is 0.325 e. The lowest BCUT2D eigenvalue weighted by Crippen LogP contribution is -2.14. The SMILES string of the molecule is O=C(Cn1ccc2cc(Br)ccc21)OCCc1ccccc1. The van der Waals surface area contributed by atoms with E-state index in [1.165, 1.54) is 5.56 Å². The standard InChI is InChI=1S/C18H16BrNO2/c19-16-6-7-17-15(12-16)8-10-20(17)13-18(21)22-11-9-14-4-2-1-3-5-14/h1-8,10,12H,9,11,13H2. The van der Waals surface area contributed by atoms with Gasteiger partial charge in [-0.15, -0.1) is 0 Å². The minimum Gasteiger partial charge on any atom is -0.464 e. The molecule has 0 spiro atoms. The van der Waals surface area contributed by atoms with Gasteiger partial charge in [0.25, 0.3) is 0 Å². The number of ether oxygens (including phenoxy) is 1. The number of benzene rings is 2. The number of esters is 1. The zero-order valence-corrected chi connectivity index (χ0v) is 13.6. The predicted molar refractivity (Wildman–Crippen MR) is 90.7 cm³/mol. The molecule has 0 unspecified atom stereocenters. The number of fused-ring (bicyclic) bond motifs is 1. The maximum atomic E-state index is 12.0. The Bertz CT molecular complexity index is 780. The van der Waals surface area contributed by atoms with E-state index in [4.69, 9.17) is 4.74 Å². The third-order valence-corrected chi connectivity index (χ3v) is 4.02. The molecule has 0 amide bonds. The van der Waals surface area contributed by atoms with Crippen LogP contribution < -0.4 is 0 Å². The lowest BCUT2D eigenvalue weighted by molar-refractivity contribution is -0.144. The summed E-state index contributed by atoms with van der Waals surface area (Å²) < 4.78 is 8.26. The van der Waals surface area contributed by atoms with E-state index in [9.17, 15) is 4.79 Å². The van der Waals surface area contributed by atoms with Crippen molar-refractivity contribution >= 4 is 32.8 Å². The summed E-state index contributed by atoms with van der Waals surface area (Å²) in [6, 6.07) is 18.0. The molecule has 0 aliphatic carbocycles. The predicted octanol–water partition coefficient (Wildman–Crippen LogP) is 4.19. The first kappa shape index (κ1) is 14.9. The monoisotopic (exact) mass is 357 g/mol. The van der Waals surface area contributed by atoms with E-state index in [1.807, 2.05) is 65.4 Å². The lowest BCUT2D eigenvalue weighted by Gasteiger charge is -2.07. The highest BCUT2D eigenvalue weighted by Gasteiger charge is 2.07. The summed E-state index contributed by atoms with van der Waals surface area (Å²) in [7, 11) is 0. The second-order valence-electron chi connectivity index (χ2n) is 5.10. The number of carbonyl (C=O) groups is 1. The molecule has 4 heteroatoms. The second kappa shape index (κ2) is 6.79. The molecule has 0 fully saturated rings. The van der Waals surface area contributed by atoms with Crippen LogP contribution in [0.2, 0.25) is 0 Å². The van der Waals surface area contributed by atoms with Crippen molar-refractivity contribution < 1.29 is 9.53 Å². The number of hydrogen-bond donors (Lipinski definition) is 0. The van der Waals surface area contributed by atoms with Gasteiger partial charge in [0, 0.05) is 28.0 Å². The minimum atomic E-state index is -0.212. The molecule has 3 nitrogen and oxygen atoms in total. The topological polar surface area (TPSA) is 31.2 Å². The van der Waals surface area contributed by atoms with Gasteiger partial charge in [0.2, 0.25) is 0 Å². The van der Waals surface area contributed by atoms with Crippen LogP contribution in [-0.2, 0) is 22.5 Å². The number of rotatable bonds is 5. The summed E-state index contributed by atoms with van der Waals surface area (Å²) in [5, 5.41) is 1.10. The Morgan fingerprint density at radius 1 is 1.09 bits per heavy atom. The van der Waals surface area contributed by atoms with Crippen molar-refractivity contribution in [1.82, 2.24) is 4.57 Å². The van der Waals surface area contributed by atoms with Crippen LogP contribution in [0.4, 0.5) is 0 Å². The molecule has 3 rings (SSSR count). The Morgan fingerprint density at radius 3 is 2.73 bits per heavy atom. The average Bonchev–Trinajstić information content (AvgIpc) is 2.90. The Morgan fingerprint density at radius 2 is 1.91 bits per heavy atom. The smallest absolute Gasteiger partial charge is 0.325 e. The average molecular weight is 358 g/mol. The van der Waals surface area contributed by atoms with Crippen LogP contribution in [0.1, 0.15) is 5.56 Å². The number of halogens is 1. The van der Waals surface area contributed by atoms with E-state index in [1.54, 1.807) is 0 Å². The number of carbonyl (C=O) groups excluding carboxylic acids is 1. The Balaban J connectivity index is 1.57. The summed E-state index contributed by atoms with van der Waals surface area (Å²) in [4.78, 5) is 12.0. The molecule has 0 saturated carbocycles. The molecule has 3 aromatic rings. The van der Waals surface area contributed by atoms with Gasteiger partial charge >= 0.3 is 5.97 Å². The molecule has 1 heterocycles. The van der Waals surface area contributed by atoms with E-state index in [-0.39, 0.29) is 12.5 Å². The van der Waals surface area contributed by atoms with E-state index in [0.717, 1.165) is 21.8 Å². The summed E-state index contributed by atoms with van der Waals surface area (Å²) >= 11 is 3.45. The molecule has 0 aliphatic heterocycles. The molecule has 0 radical (unpaired) electrons. The van der Waals surface area contributed by atoms with Crippen molar-refractivity contribution in [1.29, 1.82) is 0 Å². The highest BCUT2D eigenvalue weighted by atomic mass is 79.9. The largest absolute Gasteiger partial charge is 0.464 e. The van der Waals surface area contributed by atoms with Gasteiger partial charge < -0.3 is 9.30 Å². The van der Waals surface area contributed by atoms with Crippen LogP contribution in [0.3, 0.4) is 0 Å². The first-order chi connectivity index (χ1) is 10.7. The van der Waals surface area contributed by atoms with Gasteiger partial charge in [-0.1, -0.05) is 46.3 Å². The molecule has 0 aliphatic rings. The molecular weight excluding hydrogens is 342 g/mol. The molecule has 22 heavy (non-hydrogen) atoms. The quantitative estimate of drug-likeness (QED) is 0.641. The van der Waals surface area contributed by atoms with Crippen LogP contribution >= 0.6 is 15.9 Å². The molecule has 0 atom stereocenters. The Kier molecular flexibility index (Phi) is 4.59.